The van der Waals surface area contributed by atoms with E-state index in [4.69, 9.17) is 10.5 Å². The molecule has 0 fully saturated rings. The minimum atomic E-state index is -0.767. The number of aromatic nitrogens is 3. The normalized spacial score (nSPS) is 10.3. The number of halogens is 2. The second-order valence-corrected chi connectivity index (χ2v) is 3.45. The molecule has 2 rings (SSSR count). The number of anilines is 3. The SMILES string of the molecule is CCOc1nc(N)nc(Nc2c(F)cccc2F)n1. The number of nitrogens with one attached hydrogen (secondary N) is 1. The molecule has 1 aromatic carbocycles. The lowest BCUT2D eigenvalue weighted by Gasteiger charge is -2.08. The Morgan fingerprint density at radius 3 is 2.53 bits per heavy atom. The van der Waals surface area contributed by atoms with E-state index in [9.17, 15) is 8.78 Å². The van der Waals surface area contributed by atoms with Gasteiger partial charge in [0.05, 0.1) is 6.61 Å². The maximum absolute atomic E-state index is 13.4. The zero-order chi connectivity index (χ0) is 13.8. The van der Waals surface area contributed by atoms with Crippen LogP contribution in [0.25, 0.3) is 0 Å². The van der Waals surface area contributed by atoms with E-state index in [2.05, 4.69) is 20.3 Å². The van der Waals surface area contributed by atoms with Crippen LogP contribution in [-0.2, 0) is 0 Å². The quantitative estimate of drug-likeness (QED) is 0.879. The first-order chi connectivity index (χ1) is 9.10. The maximum Gasteiger partial charge on any atom is 0.323 e. The standard InChI is InChI=1S/C11H11F2N5O/c1-2-19-11-17-9(14)16-10(18-11)15-8-6(12)4-3-5-7(8)13/h3-5H,2H2,1H3,(H3,14,15,16,17,18). The van der Waals surface area contributed by atoms with Gasteiger partial charge in [0, 0.05) is 0 Å². The Hall–Kier alpha value is -2.51. The van der Waals surface area contributed by atoms with Gasteiger partial charge in [0.2, 0.25) is 11.9 Å². The number of hydrogen-bond donors (Lipinski definition) is 2. The minimum absolute atomic E-state index is 0.0192. The third-order valence-electron chi connectivity index (χ3n) is 2.11. The van der Waals surface area contributed by atoms with Crippen molar-refractivity contribution in [3.8, 4) is 6.01 Å². The monoisotopic (exact) mass is 267 g/mol. The Labute approximate surface area is 107 Å². The molecule has 3 N–H and O–H groups in total. The highest BCUT2D eigenvalue weighted by molar-refractivity contribution is 5.55. The van der Waals surface area contributed by atoms with Gasteiger partial charge < -0.3 is 15.8 Å². The Morgan fingerprint density at radius 2 is 1.89 bits per heavy atom. The minimum Gasteiger partial charge on any atom is -0.464 e. The number of ether oxygens (including phenoxy) is 1. The van der Waals surface area contributed by atoms with Gasteiger partial charge in [-0.3, -0.25) is 0 Å². The Bertz CT molecular complexity index is 573. The number of nitrogens with zero attached hydrogens (tertiary/aromatic N) is 3. The summed E-state index contributed by atoms with van der Waals surface area (Å²) >= 11 is 0. The van der Waals surface area contributed by atoms with E-state index in [0.29, 0.717) is 6.61 Å². The topological polar surface area (TPSA) is 86.0 Å². The van der Waals surface area contributed by atoms with Crippen molar-refractivity contribution < 1.29 is 13.5 Å². The third-order valence-corrected chi connectivity index (χ3v) is 2.11. The summed E-state index contributed by atoms with van der Waals surface area (Å²) < 4.78 is 32.0. The fraction of sp³-hybridized carbons (Fsp3) is 0.182. The van der Waals surface area contributed by atoms with E-state index in [1.54, 1.807) is 6.92 Å². The van der Waals surface area contributed by atoms with E-state index in [1.165, 1.54) is 6.07 Å². The molecule has 0 aliphatic heterocycles. The van der Waals surface area contributed by atoms with E-state index in [1.807, 2.05) is 0 Å². The lowest BCUT2D eigenvalue weighted by Crippen LogP contribution is -2.08. The molecule has 19 heavy (non-hydrogen) atoms. The first-order valence-corrected chi connectivity index (χ1v) is 5.45. The molecule has 6 nitrogen and oxygen atoms in total. The number of nitrogens with two attached hydrogens (primary N) is 1. The predicted octanol–water partition coefficient (Wildman–Crippen LogP) is 1.87. The average Bonchev–Trinajstić information content (AvgIpc) is 2.34. The van der Waals surface area contributed by atoms with Crippen LogP contribution in [0.4, 0.5) is 26.4 Å². The van der Waals surface area contributed by atoms with Gasteiger partial charge in [-0.1, -0.05) is 6.07 Å². The molecule has 1 aromatic heterocycles. The smallest absolute Gasteiger partial charge is 0.323 e. The van der Waals surface area contributed by atoms with Gasteiger partial charge in [-0.05, 0) is 19.1 Å². The largest absolute Gasteiger partial charge is 0.464 e. The molecule has 2 aromatic rings. The van der Waals surface area contributed by atoms with Crippen LogP contribution < -0.4 is 15.8 Å². The van der Waals surface area contributed by atoms with Gasteiger partial charge >= 0.3 is 6.01 Å². The molecule has 0 aliphatic rings. The molecule has 0 amide bonds. The summed E-state index contributed by atoms with van der Waals surface area (Å²) in [5.74, 6) is -1.74. The molecule has 0 unspecified atom stereocenters. The van der Waals surface area contributed by atoms with Crippen LogP contribution >= 0.6 is 0 Å². The summed E-state index contributed by atoms with van der Waals surface area (Å²) in [6.07, 6.45) is 0. The molecule has 0 aliphatic carbocycles. The lowest BCUT2D eigenvalue weighted by atomic mass is 10.3. The van der Waals surface area contributed by atoms with Crippen molar-refractivity contribution in [2.24, 2.45) is 0 Å². The van der Waals surface area contributed by atoms with Crippen LogP contribution in [-0.4, -0.2) is 21.6 Å². The molecule has 100 valence electrons. The fourth-order valence-corrected chi connectivity index (χ4v) is 1.35. The number of nitrogen functional groups attached to an aromatic ring is 1. The zero-order valence-electron chi connectivity index (χ0n) is 10.0. The van der Waals surface area contributed by atoms with Crippen LogP contribution in [0.1, 0.15) is 6.92 Å². The van der Waals surface area contributed by atoms with Crippen molar-refractivity contribution in [3.05, 3.63) is 29.8 Å². The van der Waals surface area contributed by atoms with Crippen LogP contribution in [0.3, 0.4) is 0 Å². The van der Waals surface area contributed by atoms with Crippen LogP contribution in [0.2, 0.25) is 0 Å². The van der Waals surface area contributed by atoms with Crippen molar-refractivity contribution in [1.29, 1.82) is 0 Å². The second kappa shape index (κ2) is 5.42. The number of benzene rings is 1. The third kappa shape index (κ3) is 3.03. The molecule has 1 heterocycles. The van der Waals surface area contributed by atoms with Crippen molar-refractivity contribution in [2.75, 3.05) is 17.7 Å². The Kier molecular flexibility index (Phi) is 3.69. The van der Waals surface area contributed by atoms with Crippen molar-refractivity contribution in [1.82, 2.24) is 15.0 Å². The van der Waals surface area contributed by atoms with Gasteiger partial charge in [0.25, 0.3) is 0 Å². The van der Waals surface area contributed by atoms with Crippen molar-refractivity contribution in [2.45, 2.75) is 6.92 Å². The fourth-order valence-electron chi connectivity index (χ4n) is 1.35. The Balaban J connectivity index is 2.33. The number of hydrogen-bond acceptors (Lipinski definition) is 6. The highest BCUT2D eigenvalue weighted by Crippen LogP contribution is 2.22. The van der Waals surface area contributed by atoms with E-state index in [0.717, 1.165) is 12.1 Å². The number of para-hydroxylation sites is 1. The first-order valence-electron chi connectivity index (χ1n) is 5.45. The predicted molar refractivity (Wildman–Crippen MR) is 65.0 cm³/mol. The molecule has 0 radical (unpaired) electrons. The maximum atomic E-state index is 13.4. The molecular weight excluding hydrogens is 256 g/mol. The average molecular weight is 267 g/mol. The lowest BCUT2D eigenvalue weighted by molar-refractivity contribution is 0.312. The molecule has 0 bridgehead atoms. The van der Waals surface area contributed by atoms with Crippen LogP contribution in [0.15, 0.2) is 18.2 Å². The first kappa shape index (κ1) is 12.9. The van der Waals surface area contributed by atoms with Gasteiger partial charge in [0.15, 0.2) is 0 Å². The van der Waals surface area contributed by atoms with Crippen molar-refractivity contribution in [3.63, 3.8) is 0 Å². The van der Waals surface area contributed by atoms with Crippen molar-refractivity contribution >= 4 is 17.6 Å². The highest BCUT2D eigenvalue weighted by atomic mass is 19.1. The van der Waals surface area contributed by atoms with Gasteiger partial charge in [-0.25, -0.2) is 8.78 Å². The van der Waals surface area contributed by atoms with Gasteiger partial charge in [0.1, 0.15) is 17.3 Å². The molecular formula is C11H11F2N5O. The molecule has 8 heteroatoms. The summed E-state index contributed by atoms with van der Waals surface area (Å²) in [5, 5.41) is 2.41. The molecule has 0 saturated carbocycles. The number of rotatable bonds is 4. The second-order valence-electron chi connectivity index (χ2n) is 3.45. The van der Waals surface area contributed by atoms with Crippen LogP contribution in [0, 0.1) is 11.6 Å². The summed E-state index contributed by atoms with van der Waals surface area (Å²) in [4.78, 5) is 11.3. The van der Waals surface area contributed by atoms with Gasteiger partial charge in [-0.2, -0.15) is 15.0 Å². The molecule has 0 saturated heterocycles. The highest BCUT2D eigenvalue weighted by Gasteiger charge is 2.11. The summed E-state index contributed by atoms with van der Waals surface area (Å²) in [6, 6.07) is 3.46. The van der Waals surface area contributed by atoms with Gasteiger partial charge in [-0.15, -0.1) is 0 Å². The summed E-state index contributed by atoms with van der Waals surface area (Å²) in [7, 11) is 0. The van der Waals surface area contributed by atoms with E-state index >= 15 is 0 Å². The summed E-state index contributed by atoms with van der Waals surface area (Å²) in [5.41, 5.74) is 5.08. The molecule has 0 atom stereocenters. The molecule has 0 spiro atoms. The van der Waals surface area contributed by atoms with E-state index in [-0.39, 0.29) is 23.6 Å². The summed E-state index contributed by atoms with van der Waals surface area (Å²) in [6.45, 7) is 2.07. The zero-order valence-corrected chi connectivity index (χ0v) is 10.0. The van der Waals surface area contributed by atoms with Crippen LogP contribution in [0.5, 0.6) is 6.01 Å². The Morgan fingerprint density at radius 1 is 1.21 bits per heavy atom. The van der Waals surface area contributed by atoms with E-state index < -0.39 is 11.6 Å².